The maximum absolute atomic E-state index is 13.0. The number of amides is 1. The largest absolute Gasteiger partial charge is 0.465 e. The molecule has 0 bridgehead atoms. The average Bonchev–Trinajstić information content (AvgIpc) is 2.65. The van der Waals surface area contributed by atoms with E-state index in [9.17, 15) is 9.18 Å². The minimum atomic E-state index is -0.851. The maximum atomic E-state index is 13.0. The molecular formula is C10H17FN2O2. The number of carboxylic acid groups (broad SMARTS) is 1. The molecule has 0 aromatic heterocycles. The fraction of sp³-hybridized carbons (Fsp3) is 0.900. The third-order valence-corrected chi connectivity index (χ3v) is 3.35. The molecule has 2 fully saturated rings. The number of likely N-dealkylation sites (tertiary alicyclic amines) is 2. The number of piperidine rings is 1. The number of carbonyl (C=O) groups is 1. The zero-order valence-corrected chi connectivity index (χ0v) is 8.73. The number of rotatable bonds is 1. The second kappa shape index (κ2) is 4.35. The van der Waals surface area contributed by atoms with E-state index in [0.717, 1.165) is 19.4 Å². The first-order valence-corrected chi connectivity index (χ1v) is 5.53. The van der Waals surface area contributed by atoms with Gasteiger partial charge >= 0.3 is 6.09 Å². The van der Waals surface area contributed by atoms with E-state index in [1.165, 1.54) is 4.90 Å². The lowest BCUT2D eigenvalue weighted by atomic mass is 10.1. The highest BCUT2D eigenvalue weighted by atomic mass is 19.1. The number of hydrogen-bond donors (Lipinski definition) is 1. The molecule has 4 nitrogen and oxygen atoms in total. The Bertz CT molecular complexity index is 250. The van der Waals surface area contributed by atoms with E-state index in [4.69, 9.17) is 5.11 Å². The normalized spacial score (nSPS) is 33.3. The number of hydrogen-bond acceptors (Lipinski definition) is 2. The molecule has 1 N–H and O–H groups in total. The van der Waals surface area contributed by atoms with Crippen LogP contribution in [0.2, 0.25) is 0 Å². The van der Waals surface area contributed by atoms with Gasteiger partial charge < -0.3 is 10.0 Å². The number of nitrogens with zero attached hydrogens (tertiary/aromatic N) is 2. The highest BCUT2D eigenvalue weighted by molar-refractivity contribution is 5.65. The van der Waals surface area contributed by atoms with Crippen LogP contribution in [0.3, 0.4) is 0 Å². The minimum Gasteiger partial charge on any atom is -0.465 e. The van der Waals surface area contributed by atoms with Gasteiger partial charge in [0.2, 0.25) is 0 Å². The van der Waals surface area contributed by atoms with Gasteiger partial charge in [0.1, 0.15) is 6.17 Å². The fourth-order valence-corrected chi connectivity index (χ4v) is 2.50. The smallest absolute Gasteiger partial charge is 0.407 e. The van der Waals surface area contributed by atoms with Gasteiger partial charge in [-0.05, 0) is 19.3 Å². The van der Waals surface area contributed by atoms with Gasteiger partial charge in [-0.15, -0.1) is 0 Å². The number of alkyl halides is 1. The summed E-state index contributed by atoms with van der Waals surface area (Å²) in [5, 5.41) is 8.88. The highest BCUT2D eigenvalue weighted by Crippen LogP contribution is 2.21. The van der Waals surface area contributed by atoms with E-state index in [2.05, 4.69) is 4.90 Å². The lowest BCUT2D eigenvalue weighted by Crippen LogP contribution is -2.48. The summed E-state index contributed by atoms with van der Waals surface area (Å²) in [6, 6.07) is 0.232. The summed E-state index contributed by atoms with van der Waals surface area (Å²) in [6.45, 7) is 2.43. The van der Waals surface area contributed by atoms with E-state index >= 15 is 0 Å². The molecule has 0 aromatic rings. The first-order chi connectivity index (χ1) is 7.16. The van der Waals surface area contributed by atoms with Crippen LogP contribution in [-0.4, -0.2) is 59.4 Å². The van der Waals surface area contributed by atoms with Crippen LogP contribution in [0, 0.1) is 0 Å². The summed E-state index contributed by atoms with van der Waals surface area (Å²) < 4.78 is 13.0. The molecule has 1 unspecified atom stereocenters. The van der Waals surface area contributed by atoms with Gasteiger partial charge in [-0.3, -0.25) is 4.90 Å². The molecule has 0 aliphatic carbocycles. The summed E-state index contributed by atoms with van der Waals surface area (Å²) in [7, 11) is 0. The topological polar surface area (TPSA) is 43.8 Å². The molecule has 2 rings (SSSR count). The SMILES string of the molecule is O=C(O)N1CCC[C@H](N2CCC(F)C2)C1. The predicted molar refractivity (Wildman–Crippen MR) is 53.7 cm³/mol. The third kappa shape index (κ3) is 2.40. The van der Waals surface area contributed by atoms with Crippen molar-refractivity contribution >= 4 is 6.09 Å². The zero-order chi connectivity index (χ0) is 10.8. The van der Waals surface area contributed by atoms with Gasteiger partial charge in [-0.2, -0.15) is 0 Å². The standard InChI is InChI=1S/C10H17FN2O2/c11-8-3-5-12(6-8)9-2-1-4-13(7-9)10(14)15/h8-9H,1-7H2,(H,14,15)/t8?,9-/m0/s1. The van der Waals surface area contributed by atoms with Crippen LogP contribution in [0.25, 0.3) is 0 Å². The van der Waals surface area contributed by atoms with Crippen molar-refractivity contribution in [2.24, 2.45) is 0 Å². The Balaban J connectivity index is 1.90. The maximum Gasteiger partial charge on any atom is 0.407 e. The van der Waals surface area contributed by atoms with Crippen molar-refractivity contribution in [3.63, 3.8) is 0 Å². The molecule has 86 valence electrons. The molecule has 15 heavy (non-hydrogen) atoms. The average molecular weight is 216 g/mol. The Kier molecular flexibility index (Phi) is 3.09. The van der Waals surface area contributed by atoms with E-state index in [-0.39, 0.29) is 6.04 Å². The van der Waals surface area contributed by atoms with E-state index in [1.54, 1.807) is 0 Å². The summed E-state index contributed by atoms with van der Waals surface area (Å²) in [6.07, 6.45) is 0.922. The predicted octanol–water partition coefficient (Wildman–Crippen LogP) is 1.17. The second-order valence-electron chi connectivity index (χ2n) is 4.41. The van der Waals surface area contributed by atoms with Crippen molar-refractivity contribution in [2.75, 3.05) is 26.2 Å². The van der Waals surface area contributed by atoms with Gasteiger partial charge in [-0.1, -0.05) is 0 Å². The molecule has 1 amide bonds. The highest BCUT2D eigenvalue weighted by Gasteiger charge is 2.32. The Morgan fingerprint density at radius 3 is 2.67 bits per heavy atom. The van der Waals surface area contributed by atoms with Crippen LogP contribution >= 0.6 is 0 Å². The molecule has 5 heteroatoms. The van der Waals surface area contributed by atoms with Crippen molar-refractivity contribution in [1.82, 2.24) is 9.80 Å². The summed E-state index contributed by atoms with van der Waals surface area (Å²) in [4.78, 5) is 14.4. The van der Waals surface area contributed by atoms with Gasteiger partial charge in [0.05, 0.1) is 0 Å². The molecule has 2 atom stereocenters. The quantitative estimate of drug-likeness (QED) is 0.715. The Morgan fingerprint density at radius 2 is 2.07 bits per heavy atom. The second-order valence-corrected chi connectivity index (χ2v) is 4.41. The molecule has 0 aromatic carbocycles. The van der Waals surface area contributed by atoms with Crippen LogP contribution in [0.1, 0.15) is 19.3 Å². The minimum absolute atomic E-state index is 0.232. The lowest BCUT2D eigenvalue weighted by Gasteiger charge is -2.36. The van der Waals surface area contributed by atoms with Crippen molar-refractivity contribution in [3.05, 3.63) is 0 Å². The molecule has 2 aliphatic rings. The van der Waals surface area contributed by atoms with Crippen LogP contribution in [-0.2, 0) is 0 Å². The Morgan fingerprint density at radius 1 is 1.27 bits per heavy atom. The third-order valence-electron chi connectivity index (χ3n) is 3.35. The Hall–Kier alpha value is -0.840. The first-order valence-electron chi connectivity index (χ1n) is 5.53. The number of halogens is 1. The molecule has 2 saturated heterocycles. The van der Waals surface area contributed by atoms with Gasteiger partial charge in [0.15, 0.2) is 0 Å². The van der Waals surface area contributed by atoms with Crippen LogP contribution in [0.5, 0.6) is 0 Å². The van der Waals surface area contributed by atoms with Crippen molar-refractivity contribution in [3.8, 4) is 0 Å². The van der Waals surface area contributed by atoms with Crippen LogP contribution < -0.4 is 0 Å². The van der Waals surface area contributed by atoms with E-state index in [1.807, 2.05) is 0 Å². The molecule has 0 radical (unpaired) electrons. The first kappa shape index (κ1) is 10.7. The van der Waals surface area contributed by atoms with Crippen LogP contribution in [0.15, 0.2) is 0 Å². The summed E-state index contributed by atoms with van der Waals surface area (Å²) in [5.41, 5.74) is 0. The summed E-state index contributed by atoms with van der Waals surface area (Å²) >= 11 is 0. The monoisotopic (exact) mass is 216 g/mol. The van der Waals surface area contributed by atoms with Crippen molar-refractivity contribution in [1.29, 1.82) is 0 Å². The van der Waals surface area contributed by atoms with Crippen molar-refractivity contribution in [2.45, 2.75) is 31.5 Å². The Labute approximate surface area is 88.7 Å². The summed E-state index contributed by atoms with van der Waals surface area (Å²) in [5.74, 6) is 0. The van der Waals surface area contributed by atoms with E-state index < -0.39 is 12.3 Å². The lowest BCUT2D eigenvalue weighted by molar-refractivity contribution is 0.0939. The molecule has 2 heterocycles. The van der Waals surface area contributed by atoms with Gasteiger partial charge in [0.25, 0.3) is 0 Å². The molecular weight excluding hydrogens is 199 g/mol. The van der Waals surface area contributed by atoms with E-state index in [0.29, 0.717) is 26.1 Å². The van der Waals surface area contributed by atoms with Crippen LogP contribution in [0.4, 0.5) is 9.18 Å². The van der Waals surface area contributed by atoms with Gasteiger partial charge in [0, 0.05) is 32.2 Å². The fourth-order valence-electron chi connectivity index (χ4n) is 2.50. The van der Waals surface area contributed by atoms with Gasteiger partial charge in [-0.25, -0.2) is 9.18 Å². The molecule has 0 spiro atoms. The molecule has 2 aliphatic heterocycles. The van der Waals surface area contributed by atoms with Crippen molar-refractivity contribution < 1.29 is 14.3 Å². The molecule has 0 saturated carbocycles. The zero-order valence-electron chi connectivity index (χ0n) is 8.73.